The first-order valence-electron chi connectivity index (χ1n) is 2.21. The smallest absolute Gasteiger partial charge is 0.0739 e. The largest absolute Gasteiger partial charge is 1.00 e. The van der Waals surface area contributed by atoms with Gasteiger partial charge in [0.15, 0.2) is 0 Å². The zero-order chi connectivity index (χ0) is 4.12. The fourth-order valence-corrected chi connectivity index (χ4v) is 0.250. The van der Waals surface area contributed by atoms with Crippen LogP contribution >= 0.6 is 0 Å². The molecule has 1 nitrogen and oxygen atoms in total. The van der Waals surface area contributed by atoms with Gasteiger partial charge < -0.3 is 22.7 Å². The van der Waals surface area contributed by atoms with Gasteiger partial charge in [0.25, 0.3) is 0 Å². The van der Waals surface area contributed by atoms with Crippen molar-refractivity contribution in [3.63, 3.8) is 0 Å². The Balaban J connectivity index is -0.0000000800. The molecular formula is C4H12BrNSn. The van der Waals surface area contributed by atoms with Crippen LogP contribution in [0.4, 0.5) is 0 Å². The van der Waals surface area contributed by atoms with Gasteiger partial charge in [0.05, 0.1) is 6.54 Å². The van der Waals surface area contributed by atoms with Gasteiger partial charge in [-0.25, -0.2) is 0 Å². The van der Waals surface area contributed by atoms with Crippen LogP contribution < -0.4 is 22.7 Å². The van der Waals surface area contributed by atoms with Crippen molar-refractivity contribution in [3.8, 4) is 0 Å². The van der Waals surface area contributed by atoms with Crippen LogP contribution in [-0.2, 0) is 0 Å². The third-order valence-corrected chi connectivity index (χ3v) is 0.604. The molecule has 0 heterocycles. The molecule has 0 rings (SSSR count). The van der Waals surface area contributed by atoms with Crippen molar-refractivity contribution in [2.24, 2.45) is 0 Å². The summed E-state index contributed by atoms with van der Waals surface area (Å²) in [7, 11) is 0. The molecule has 0 amide bonds. The van der Waals surface area contributed by atoms with E-state index in [0.717, 1.165) is 6.54 Å². The van der Waals surface area contributed by atoms with E-state index in [1.807, 2.05) is 0 Å². The van der Waals surface area contributed by atoms with Crippen LogP contribution in [-0.4, -0.2) is 30.5 Å². The fourth-order valence-electron chi connectivity index (χ4n) is 0.250. The van der Waals surface area contributed by atoms with Gasteiger partial charge in [-0.2, -0.15) is 0 Å². The molecule has 0 saturated heterocycles. The molecule has 0 spiro atoms. The summed E-state index contributed by atoms with van der Waals surface area (Å²) < 4.78 is 0. The molecule has 0 aromatic rings. The first-order chi connectivity index (χ1) is 2.41. The minimum Gasteiger partial charge on any atom is -1.00 e. The topological polar surface area (TPSA) is 27.6 Å². The first-order valence-corrected chi connectivity index (χ1v) is 2.21. The summed E-state index contributed by atoms with van der Waals surface area (Å²) in [6.07, 6.45) is 2.56. The summed E-state index contributed by atoms with van der Waals surface area (Å²) in [5.74, 6) is 0. The van der Waals surface area contributed by atoms with Crippen LogP contribution in [0, 0.1) is 0 Å². The quantitative estimate of drug-likeness (QED) is 0.509. The molecule has 0 unspecified atom stereocenters. The SMILES string of the molecule is CCCC[NH3+].[Br-].[Sn]. The Morgan fingerprint density at radius 1 is 1.43 bits per heavy atom. The number of quaternary nitrogens is 1. The third-order valence-electron chi connectivity index (χ3n) is 0.604. The normalized spacial score (nSPS) is 6.00. The van der Waals surface area contributed by atoms with E-state index in [4.69, 9.17) is 0 Å². The fraction of sp³-hybridized carbons (Fsp3) is 1.00. The van der Waals surface area contributed by atoms with Gasteiger partial charge in [0, 0.05) is 23.9 Å². The van der Waals surface area contributed by atoms with Crippen LogP contribution in [0.3, 0.4) is 0 Å². The van der Waals surface area contributed by atoms with Gasteiger partial charge in [-0.15, -0.1) is 0 Å². The minimum absolute atomic E-state index is 0. The molecule has 3 heteroatoms. The summed E-state index contributed by atoms with van der Waals surface area (Å²) >= 11 is 0. The molecule has 4 radical (unpaired) electrons. The van der Waals surface area contributed by atoms with Gasteiger partial charge >= 0.3 is 0 Å². The number of rotatable bonds is 2. The maximum atomic E-state index is 3.68. The second kappa shape index (κ2) is 15.7. The van der Waals surface area contributed by atoms with Crippen molar-refractivity contribution < 1.29 is 22.7 Å². The minimum atomic E-state index is 0. The van der Waals surface area contributed by atoms with E-state index in [9.17, 15) is 0 Å². The molecule has 0 aromatic carbocycles. The molecule has 7 heavy (non-hydrogen) atoms. The summed E-state index contributed by atoms with van der Waals surface area (Å²) in [5, 5.41) is 0. The predicted octanol–water partition coefficient (Wildman–Crippen LogP) is -3.35. The molecule has 0 aliphatic heterocycles. The van der Waals surface area contributed by atoms with Crippen LogP contribution in [0.15, 0.2) is 0 Å². The Labute approximate surface area is 72.8 Å². The van der Waals surface area contributed by atoms with Gasteiger partial charge in [-0.1, -0.05) is 13.3 Å². The molecule has 3 N–H and O–H groups in total. The zero-order valence-corrected chi connectivity index (χ0v) is 9.15. The predicted molar refractivity (Wildman–Crippen MR) is 28.4 cm³/mol. The Bertz CT molecular complexity index is 19.2. The Hall–Kier alpha value is 1.24. The van der Waals surface area contributed by atoms with Gasteiger partial charge in [-0.05, 0) is 6.42 Å². The molecule has 0 bridgehead atoms. The standard InChI is InChI=1S/C4H11N.BrH.Sn/c1-2-3-4-5;;/h2-5H2,1H3;1H;. The van der Waals surface area contributed by atoms with Gasteiger partial charge in [0.1, 0.15) is 0 Å². The average Bonchev–Trinajstić information content (AvgIpc) is 1.41. The number of hydrogen-bond acceptors (Lipinski definition) is 0. The van der Waals surface area contributed by atoms with E-state index < -0.39 is 0 Å². The van der Waals surface area contributed by atoms with Gasteiger partial charge in [0.2, 0.25) is 0 Å². The second-order valence-corrected chi connectivity index (χ2v) is 1.21. The number of halogens is 1. The summed E-state index contributed by atoms with van der Waals surface area (Å²) in [6, 6.07) is 0. The van der Waals surface area contributed by atoms with Crippen LogP contribution in [0.5, 0.6) is 0 Å². The maximum Gasteiger partial charge on any atom is 0.0739 e. The molecule has 0 saturated carbocycles. The molecule has 44 valence electrons. The molecule has 0 aromatic heterocycles. The van der Waals surface area contributed by atoms with Crippen molar-refractivity contribution in [1.29, 1.82) is 0 Å². The Kier molecular flexibility index (Phi) is 35.2. The van der Waals surface area contributed by atoms with Crippen LogP contribution in [0.25, 0.3) is 0 Å². The molecule has 0 aliphatic rings. The van der Waals surface area contributed by atoms with Crippen molar-refractivity contribution in [2.45, 2.75) is 19.8 Å². The average molecular weight is 273 g/mol. The van der Waals surface area contributed by atoms with E-state index in [0.29, 0.717) is 0 Å². The third kappa shape index (κ3) is 18.9. The summed E-state index contributed by atoms with van der Waals surface area (Å²) in [4.78, 5) is 0. The van der Waals surface area contributed by atoms with E-state index in [1.165, 1.54) is 12.8 Å². The van der Waals surface area contributed by atoms with Crippen molar-refractivity contribution >= 4 is 23.9 Å². The van der Waals surface area contributed by atoms with Crippen molar-refractivity contribution in [1.82, 2.24) is 0 Å². The van der Waals surface area contributed by atoms with Crippen molar-refractivity contribution in [2.75, 3.05) is 6.54 Å². The Morgan fingerprint density at radius 2 is 1.86 bits per heavy atom. The van der Waals surface area contributed by atoms with Crippen molar-refractivity contribution in [3.05, 3.63) is 0 Å². The Morgan fingerprint density at radius 3 is 1.86 bits per heavy atom. The summed E-state index contributed by atoms with van der Waals surface area (Å²) in [6.45, 7) is 3.27. The van der Waals surface area contributed by atoms with Gasteiger partial charge in [-0.3, -0.25) is 0 Å². The monoisotopic (exact) mass is 273 g/mol. The number of unbranched alkanes of at least 4 members (excludes halogenated alkanes) is 1. The van der Waals surface area contributed by atoms with E-state index >= 15 is 0 Å². The van der Waals surface area contributed by atoms with Crippen LogP contribution in [0.1, 0.15) is 19.8 Å². The maximum absolute atomic E-state index is 3.68. The summed E-state index contributed by atoms with van der Waals surface area (Å²) in [5.41, 5.74) is 3.68. The number of hydrogen-bond donors (Lipinski definition) is 1. The molecule has 0 fully saturated rings. The first kappa shape index (κ1) is 15.7. The molecule has 0 atom stereocenters. The van der Waals surface area contributed by atoms with E-state index in [2.05, 4.69) is 12.7 Å². The van der Waals surface area contributed by atoms with Crippen LogP contribution in [0.2, 0.25) is 0 Å². The van der Waals surface area contributed by atoms with E-state index in [1.54, 1.807) is 0 Å². The second-order valence-electron chi connectivity index (χ2n) is 1.21. The molecular weight excluding hydrogens is 261 g/mol. The zero-order valence-electron chi connectivity index (χ0n) is 4.71. The van der Waals surface area contributed by atoms with E-state index in [-0.39, 0.29) is 40.9 Å². The molecule has 0 aliphatic carbocycles.